The van der Waals surface area contributed by atoms with Crippen molar-refractivity contribution in [2.75, 3.05) is 19.6 Å². The number of hydrogen-bond acceptors (Lipinski definition) is 2. The zero-order chi connectivity index (χ0) is 13.2. The highest BCUT2D eigenvalue weighted by atomic mass is 15.1. The summed E-state index contributed by atoms with van der Waals surface area (Å²) in [7, 11) is 0. The van der Waals surface area contributed by atoms with Crippen LogP contribution in [0.1, 0.15) is 72.1 Å². The number of likely N-dealkylation sites (tertiary alicyclic amines) is 1. The van der Waals surface area contributed by atoms with Crippen LogP contribution < -0.4 is 5.32 Å². The molecule has 0 aliphatic carbocycles. The molecule has 0 radical (unpaired) electrons. The molecule has 1 atom stereocenters. The molecule has 2 heteroatoms. The topological polar surface area (TPSA) is 15.3 Å². The highest BCUT2D eigenvalue weighted by molar-refractivity contribution is 4.79. The summed E-state index contributed by atoms with van der Waals surface area (Å²) in [6.45, 7) is 10.8. The molecule has 1 fully saturated rings. The van der Waals surface area contributed by atoms with Crippen LogP contribution in [0.5, 0.6) is 0 Å². The summed E-state index contributed by atoms with van der Waals surface area (Å²) in [5.74, 6) is 0. The fourth-order valence-corrected chi connectivity index (χ4v) is 3.00. The molecule has 0 saturated carbocycles. The van der Waals surface area contributed by atoms with Crippen LogP contribution in [-0.4, -0.2) is 36.6 Å². The van der Waals surface area contributed by atoms with Gasteiger partial charge in [-0.1, -0.05) is 39.5 Å². The molecule has 0 amide bonds. The van der Waals surface area contributed by atoms with Gasteiger partial charge in [0, 0.05) is 12.1 Å². The van der Waals surface area contributed by atoms with E-state index in [0.717, 1.165) is 6.04 Å². The molecule has 1 rings (SSSR count). The predicted molar refractivity (Wildman–Crippen MR) is 81.1 cm³/mol. The Bertz CT molecular complexity index is 186. The minimum Gasteiger partial charge on any atom is -0.311 e. The molecule has 1 aliphatic heterocycles. The van der Waals surface area contributed by atoms with Gasteiger partial charge in [0.15, 0.2) is 0 Å². The molecule has 0 bridgehead atoms. The van der Waals surface area contributed by atoms with Gasteiger partial charge in [0.1, 0.15) is 0 Å². The molecule has 0 aromatic heterocycles. The number of unbranched alkanes of at least 4 members (excludes halogenated alkanes) is 3. The average molecular weight is 254 g/mol. The first-order valence-electron chi connectivity index (χ1n) is 8.24. The first-order valence-corrected chi connectivity index (χ1v) is 8.24. The van der Waals surface area contributed by atoms with E-state index in [-0.39, 0.29) is 0 Å². The van der Waals surface area contributed by atoms with E-state index < -0.39 is 0 Å². The lowest BCUT2D eigenvalue weighted by Gasteiger charge is -2.33. The van der Waals surface area contributed by atoms with E-state index in [1.165, 1.54) is 71.0 Å². The van der Waals surface area contributed by atoms with Crippen molar-refractivity contribution in [2.24, 2.45) is 0 Å². The molecule has 1 heterocycles. The van der Waals surface area contributed by atoms with Crippen molar-refractivity contribution in [3.63, 3.8) is 0 Å². The lowest BCUT2D eigenvalue weighted by atomic mass is 10.0. The number of nitrogens with one attached hydrogen (secondary N) is 1. The van der Waals surface area contributed by atoms with E-state index in [1.54, 1.807) is 0 Å². The van der Waals surface area contributed by atoms with Crippen molar-refractivity contribution < 1.29 is 0 Å². The SMILES string of the molecule is CCCCCC[C@H](C)NC1CCN(CCC)CC1. The van der Waals surface area contributed by atoms with Crippen LogP contribution >= 0.6 is 0 Å². The first-order chi connectivity index (χ1) is 8.76. The quantitative estimate of drug-likeness (QED) is 0.629. The number of rotatable bonds is 9. The second-order valence-corrected chi connectivity index (χ2v) is 6.03. The zero-order valence-corrected chi connectivity index (χ0v) is 12.9. The van der Waals surface area contributed by atoms with Crippen LogP contribution in [-0.2, 0) is 0 Å². The van der Waals surface area contributed by atoms with Crippen molar-refractivity contribution in [3.05, 3.63) is 0 Å². The molecule has 0 aromatic carbocycles. The standard InChI is InChI=1S/C16H34N2/c1-4-6-7-8-9-15(3)17-16-10-13-18(12-5-2)14-11-16/h15-17H,4-14H2,1-3H3/t15-/m0/s1. The molecule has 0 aromatic rings. The summed E-state index contributed by atoms with van der Waals surface area (Å²) in [6.07, 6.45) is 10.9. The monoisotopic (exact) mass is 254 g/mol. The largest absolute Gasteiger partial charge is 0.311 e. The molecule has 0 spiro atoms. The van der Waals surface area contributed by atoms with Gasteiger partial charge in [-0.15, -0.1) is 0 Å². The van der Waals surface area contributed by atoms with E-state index in [0.29, 0.717) is 6.04 Å². The van der Waals surface area contributed by atoms with Gasteiger partial charge in [0.05, 0.1) is 0 Å². The lowest BCUT2D eigenvalue weighted by Crippen LogP contribution is -2.45. The fraction of sp³-hybridized carbons (Fsp3) is 1.00. The minimum atomic E-state index is 0.713. The van der Waals surface area contributed by atoms with Crippen molar-refractivity contribution in [3.8, 4) is 0 Å². The average Bonchev–Trinajstić information content (AvgIpc) is 2.37. The maximum absolute atomic E-state index is 3.83. The Morgan fingerprint density at radius 3 is 2.39 bits per heavy atom. The lowest BCUT2D eigenvalue weighted by molar-refractivity contribution is 0.191. The third kappa shape index (κ3) is 6.75. The van der Waals surface area contributed by atoms with Crippen LogP contribution in [0, 0.1) is 0 Å². The number of hydrogen-bond donors (Lipinski definition) is 1. The van der Waals surface area contributed by atoms with E-state index in [4.69, 9.17) is 0 Å². The maximum Gasteiger partial charge on any atom is 0.00938 e. The van der Waals surface area contributed by atoms with Gasteiger partial charge >= 0.3 is 0 Å². The Morgan fingerprint density at radius 2 is 1.78 bits per heavy atom. The van der Waals surface area contributed by atoms with Gasteiger partial charge in [0.2, 0.25) is 0 Å². The number of piperidine rings is 1. The molecule has 0 unspecified atom stereocenters. The Kier molecular flexibility index (Phi) is 8.70. The van der Waals surface area contributed by atoms with Crippen LogP contribution in [0.25, 0.3) is 0 Å². The molecule has 1 N–H and O–H groups in total. The van der Waals surface area contributed by atoms with Crippen molar-refractivity contribution in [2.45, 2.75) is 84.2 Å². The van der Waals surface area contributed by atoms with Gasteiger partial charge in [-0.25, -0.2) is 0 Å². The fourth-order valence-electron chi connectivity index (χ4n) is 3.00. The van der Waals surface area contributed by atoms with Crippen LogP contribution in [0.2, 0.25) is 0 Å². The first kappa shape index (κ1) is 16.0. The Balaban J connectivity index is 2.05. The third-order valence-corrected chi connectivity index (χ3v) is 4.14. The normalized spacial score (nSPS) is 20.2. The van der Waals surface area contributed by atoms with Gasteiger partial charge in [-0.05, 0) is 52.2 Å². The summed E-state index contributed by atoms with van der Waals surface area (Å²) < 4.78 is 0. The van der Waals surface area contributed by atoms with Gasteiger partial charge in [-0.3, -0.25) is 0 Å². The molecular formula is C16H34N2. The molecule has 108 valence electrons. The summed E-state index contributed by atoms with van der Waals surface area (Å²) >= 11 is 0. The van der Waals surface area contributed by atoms with Gasteiger partial charge in [-0.2, -0.15) is 0 Å². The Morgan fingerprint density at radius 1 is 1.06 bits per heavy atom. The Hall–Kier alpha value is -0.0800. The Labute approximate surface area is 115 Å². The molecular weight excluding hydrogens is 220 g/mol. The number of nitrogens with zero attached hydrogens (tertiary/aromatic N) is 1. The third-order valence-electron chi connectivity index (χ3n) is 4.14. The zero-order valence-electron chi connectivity index (χ0n) is 12.9. The van der Waals surface area contributed by atoms with Gasteiger partial charge < -0.3 is 10.2 Å². The molecule has 1 aliphatic rings. The van der Waals surface area contributed by atoms with Crippen molar-refractivity contribution >= 4 is 0 Å². The molecule has 1 saturated heterocycles. The molecule has 18 heavy (non-hydrogen) atoms. The maximum atomic E-state index is 3.83. The van der Waals surface area contributed by atoms with E-state index >= 15 is 0 Å². The summed E-state index contributed by atoms with van der Waals surface area (Å²) in [4.78, 5) is 2.62. The predicted octanol–water partition coefficient (Wildman–Crippen LogP) is 3.81. The van der Waals surface area contributed by atoms with Crippen molar-refractivity contribution in [1.82, 2.24) is 10.2 Å². The second kappa shape index (κ2) is 9.80. The smallest absolute Gasteiger partial charge is 0.00938 e. The summed E-state index contributed by atoms with van der Waals surface area (Å²) in [5.41, 5.74) is 0. The summed E-state index contributed by atoms with van der Waals surface area (Å²) in [6, 6.07) is 1.49. The van der Waals surface area contributed by atoms with Crippen LogP contribution in [0.4, 0.5) is 0 Å². The van der Waals surface area contributed by atoms with E-state index in [2.05, 4.69) is 31.0 Å². The summed E-state index contributed by atoms with van der Waals surface area (Å²) in [5, 5.41) is 3.83. The second-order valence-electron chi connectivity index (χ2n) is 6.03. The van der Waals surface area contributed by atoms with Crippen molar-refractivity contribution in [1.29, 1.82) is 0 Å². The highest BCUT2D eigenvalue weighted by Gasteiger charge is 2.19. The van der Waals surface area contributed by atoms with Gasteiger partial charge in [0.25, 0.3) is 0 Å². The molecule has 2 nitrogen and oxygen atoms in total. The van der Waals surface area contributed by atoms with E-state index in [9.17, 15) is 0 Å². The van der Waals surface area contributed by atoms with E-state index in [1.807, 2.05) is 0 Å². The van der Waals surface area contributed by atoms with Crippen LogP contribution in [0.3, 0.4) is 0 Å². The minimum absolute atomic E-state index is 0.713. The van der Waals surface area contributed by atoms with Crippen LogP contribution in [0.15, 0.2) is 0 Å². The highest BCUT2D eigenvalue weighted by Crippen LogP contribution is 2.13.